The molecule has 0 aromatic carbocycles. The van der Waals surface area contributed by atoms with Crippen LogP contribution in [0.2, 0.25) is 0 Å². The summed E-state index contributed by atoms with van der Waals surface area (Å²) < 4.78 is 0. The molecule has 130 valence electrons. The molecule has 0 spiro atoms. The Hall–Kier alpha value is -3.30. The first-order valence-electron chi connectivity index (χ1n) is 8.60. The fraction of sp³-hybridized carbons (Fsp3) is 0.400. The van der Waals surface area contributed by atoms with E-state index in [2.05, 4.69) is 41.9 Å². The molecule has 26 heavy (non-hydrogen) atoms. The number of aromatic nitrogens is 1. The Kier molecular flexibility index (Phi) is 4.41. The monoisotopic (exact) mass is 344 g/mol. The highest BCUT2D eigenvalue weighted by atomic mass is 15.1. The molecular weight excluding hydrogens is 324 g/mol. The summed E-state index contributed by atoms with van der Waals surface area (Å²) in [5.74, 6) is -0.584. The molecule has 1 aliphatic heterocycles. The molecule has 2 N–H and O–H groups in total. The van der Waals surface area contributed by atoms with Crippen LogP contribution in [-0.2, 0) is 0 Å². The van der Waals surface area contributed by atoms with Crippen LogP contribution in [0.25, 0.3) is 0 Å². The lowest BCUT2D eigenvalue weighted by atomic mass is 9.57. The number of pyridine rings is 1. The molecule has 0 saturated heterocycles. The van der Waals surface area contributed by atoms with Gasteiger partial charge in [-0.1, -0.05) is 6.07 Å². The van der Waals surface area contributed by atoms with Crippen molar-refractivity contribution in [3.05, 3.63) is 53.1 Å². The van der Waals surface area contributed by atoms with Crippen LogP contribution in [-0.4, -0.2) is 22.5 Å². The zero-order valence-corrected chi connectivity index (χ0v) is 14.8. The van der Waals surface area contributed by atoms with E-state index in [0.29, 0.717) is 6.04 Å². The van der Waals surface area contributed by atoms with Crippen molar-refractivity contribution in [1.82, 2.24) is 9.88 Å². The number of nitrogens with two attached hydrogens (primary N) is 1. The number of hydrogen-bond donors (Lipinski definition) is 1. The molecule has 1 aromatic rings. The van der Waals surface area contributed by atoms with Gasteiger partial charge in [0.1, 0.15) is 6.07 Å². The van der Waals surface area contributed by atoms with Gasteiger partial charge in [-0.25, -0.2) is 0 Å². The minimum Gasteiger partial charge on any atom is -0.399 e. The zero-order valence-electron chi connectivity index (χ0n) is 14.8. The van der Waals surface area contributed by atoms with Crippen LogP contribution in [0.5, 0.6) is 0 Å². The van der Waals surface area contributed by atoms with Gasteiger partial charge in [0.25, 0.3) is 0 Å². The molecule has 1 aromatic heterocycles. The molecule has 0 unspecified atom stereocenters. The molecule has 6 nitrogen and oxygen atoms in total. The van der Waals surface area contributed by atoms with Gasteiger partial charge in [0, 0.05) is 37.1 Å². The second kappa shape index (κ2) is 6.54. The lowest BCUT2D eigenvalue weighted by Gasteiger charge is -2.45. The van der Waals surface area contributed by atoms with E-state index in [1.54, 1.807) is 18.5 Å². The van der Waals surface area contributed by atoms with Crippen molar-refractivity contribution in [3.63, 3.8) is 0 Å². The average molecular weight is 344 g/mol. The number of nitrogens with zero attached hydrogens (tertiary/aromatic N) is 5. The molecule has 3 rings (SSSR count). The smallest absolute Gasteiger partial charge is 0.191 e. The van der Waals surface area contributed by atoms with E-state index in [1.165, 1.54) is 0 Å². The van der Waals surface area contributed by atoms with Gasteiger partial charge >= 0.3 is 0 Å². The standard InChI is InChI=1S/C20H20N6/c1-13(2)26-7-5-15-17(10-26)16(8-21)19(24)20(11-22,12-23)18(15)14-4-3-6-25-9-14/h3-4,6,9-10,13,15,18H,5,7,24H2,1-2H3/t15-,18+/m0/s1. The quantitative estimate of drug-likeness (QED) is 0.882. The topological polar surface area (TPSA) is 114 Å². The molecule has 2 aliphatic rings. The summed E-state index contributed by atoms with van der Waals surface area (Å²) in [7, 11) is 0. The Morgan fingerprint density at radius 2 is 2.04 bits per heavy atom. The fourth-order valence-corrected chi connectivity index (χ4v) is 4.06. The van der Waals surface area contributed by atoms with Crippen LogP contribution in [0.15, 0.2) is 47.6 Å². The molecule has 6 heteroatoms. The van der Waals surface area contributed by atoms with Gasteiger partial charge < -0.3 is 10.6 Å². The summed E-state index contributed by atoms with van der Waals surface area (Å²) in [6.45, 7) is 4.98. The highest BCUT2D eigenvalue weighted by molar-refractivity contribution is 5.58. The Bertz CT molecular complexity index is 877. The highest BCUT2D eigenvalue weighted by Gasteiger charge is 2.54. The summed E-state index contributed by atoms with van der Waals surface area (Å²) in [5.41, 5.74) is 6.64. The van der Waals surface area contributed by atoms with Crippen molar-refractivity contribution < 1.29 is 0 Å². The largest absolute Gasteiger partial charge is 0.399 e. The molecule has 0 radical (unpaired) electrons. The van der Waals surface area contributed by atoms with Gasteiger partial charge in [-0.2, -0.15) is 15.8 Å². The molecule has 2 atom stereocenters. The number of hydrogen-bond acceptors (Lipinski definition) is 6. The van der Waals surface area contributed by atoms with Crippen LogP contribution >= 0.6 is 0 Å². The Morgan fingerprint density at radius 1 is 1.31 bits per heavy atom. The van der Waals surface area contributed by atoms with Gasteiger partial charge in [-0.05, 0) is 43.4 Å². The van der Waals surface area contributed by atoms with Gasteiger partial charge in [-0.15, -0.1) is 0 Å². The molecular formula is C20H20N6. The van der Waals surface area contributed by atoms with Gasteiger partial charge in [0.2, 0.25) is 0 Å². The Morgan fingerprint density at radius 3 is 2.58 bits per heavy atom. The third-order valence-corrected chi connectivity index (χ3v) is 5.43. The van der Waals surface area contributed by atoms with E-state index < -0.39 is 11.3 Å². The van der Waals surface area contributed by atoms with Crippen molar-refractivity contribution in [1.29, 1.82) is 15.8 Å². The van der Waals surface area contributed by atoms with E-state index in [9.17, 15) is 15.8 Å². The lowest BCUT2D eigenvalue weighted by molar-refractivity contribution is 0.228. The SMILES string of the molecule is CC(C)N1C=C2C(C#N)=C(N)C(C#N)(C#N)[C@H](c3cccnc3)[C@H]2CC1. The molecule has 2 heterocycles. The van der Waals surface area contributed by atoms with Gasteiger partial charge in [0.15, 0.2) is 5.41 Å². The summed E-state index contributed by atoms with van der Waals surface area (Å²) >= 11 is 0. The van der Waals surface area contributed by atoms with E-state index in [1.807, 2.05) is 12.3 Å². The predicted molar refractivity (Wildman–Crippen MR) is 95.5 cm³/mol. The predicted octanol–water partition coefficient (Wildman–Crippen LogP) is 2.56. The first-order valence-corrected chi connectivity index (χ1v) is 8.60. The first-order chi connectivity index (χ1) is 12.5. The average Bonchev–Trinajstić information content (AvgIpc) is 2.67. The first kappa shape index (κ1) is 17.5. The maximum absolute atomic E-state index is 9.94. The Balaban J connectivity index is 2.30. The zero-order chi connectivity index (χ0) is 18.9. The second-order valence-electron chi connectivity index (χ2n) is 7.01. The maximum Gasteiger partial charge on any atom is 0.191 e. The minimum absolute atomic E-state index is 0.0481. The van der Waals surface area contributed by atoms with Crippen LogP contribution < -0.4 is 5.73 Å². The van der Waals surface area contributed by atoms with E-state index in [-0.39, 0.29) is 17.2 Å². The maximum atomic E-state index is 9.94. The van der Waals surface area contributed by atoms with Crippen molar-refractivity contribution in [2.45, 2.75) is 32.2 Å². The van der Waals surface area contributed by atoms with Gasteiger partial charge in [-0.3, -0.25) is 4.98 Å². The lowest BCUT2D eigenvalue weighted by Crippen LogP contribution is -2.45. The molecule has 0 amide bonds. The van der Waals surface area contributed by atoms with Crippen LogP contribution in [0.4, 0.5) is 0 Å². The second-order valence-corrected chi connectivity index (χ2v) is 7.01. The number of rotatable bonds is 2. The molecule has 0 fully saturated rings. The third kappa shape index (κ3) is 2.41. The van der Waals surface area contributed by atoms with Crippen LogP contribution in [0, 0.1) is 45.3 Å². The molecule has 0 saturated carbocycles. The van der Waals surface area contributed by atoms with Crippen molar-refractivity contribution in [2.75, 3.05) is 6.54 Å². The highest BCUT2D eigenvalue weighted by Crippen LogP contribution is 2.55. The summed E-state index contributed by atoms with van der Waals surface area (Å²) in [6.07, 6.45) is 6.06. The fourth-order valence-electron chi connectivity index (χ4n) is 4.06. The number of allylic oxidation sites excluding steroid dienone is 3. The molecule has 0 bridgehead atoms. The van der Waals surface area contributed by atoms with E-state index in [4.69, 9.17) is 5.73 Å². The summed E-state index contributed by atoms with van der Waals surface area (Å²) in [6, 6.07) is 10.4. The van der Waals surface area contributed by atoms with Gasteiger partial charge in [0.05, 0.1) is 23.4 Å². The Labute approximate surface area is 153 Å². The van der Waals surface area contributed by atoms with Crippen molar-refractivity contribution in [2.24, 2.45) is 17.1 Å². The number of fused-ring (bicyclic) bond motifs is 1. The third-order valence-electron chi connectivity index (χ3n) is 5.43. The number of nitriles is 3. The van der Waals surface area contributed by atoms with Crippen molar-refractivity contribution >= 4 is 0 Å². The van der Waals surface area contributed by atoms with E-state index in [0.717, 1.165) is 24.1 Å². The van der Waals surface area contributed by atoms with Crippen LogP contribution in [0.3, 0.4) is 0 Å². The summed E-state index contributed by atoms with van der Waals surface area (Å²) in [5, 5.41) is 29.6. The normalized spacial score (nSPS) is 24.2. The van der Waals surface area contributed by atoms with Crippen LogP contribution in [0.1, 0.15) is 31.7 Å². The molecule has 1 aliphatic carbocycles. The minimum atomic E-state index is -1.57. The van der Waals surface area contributed by atoms with E-state index >= 15 is 0 Å². The van der Waals surface area contributed by atoms with Crippen molar-refractivity contribution in [3.8, 4) is 18.2 Å². The summed E-state index contributed by atoms with van der Waals surface area (Å²) in [4.78, 5) is 6.34.